The van der Waals surface area contributed by atoms with Crippen molar-refractivity contribution >= 4 is 22.8 Å². The summed E-state index contributed by atoms with van der Waals surface area (Å²) in [6.07, 6.45) is 5.42. The summed E-state index contributed by atoms with van der Waals surface area (Å²) in [4.78, 5) is 27.0. The lowest BCUT2D eigenvalue weighted by atomic mass is 9.87. The molecule has 0 saturated carbocycles. The van der Waals surface area contributed by atoms with Crippen LogP contribution in [0.3, 0.4) is 0 Å². The Morgan fingerprint density at radius 1 is 1.25 bits per heavy atom. The molecule has 1 aromatic carbocycles. The summed E-state index contributed by atoms with van der Waals surface area (Å²) in [6, 6.07) is 12.0. The van der Waals surface area contributed by atoms with Crippen LogP contribution in [-0.2, 0) is 4.79 Å². The van der Waals surface area contributed by atoms with E-state index in [1.54, 1.807) is 6.33 Å². The first kappa shape index (κ1) is 18.4. The number of hydrogen-bond donors (Lipinski definition) is 3. The highest BCUT2D eigenvalue weighted by Gasteiger charge is 2.39. The molecule has 7 heteroatoms. The van der Waals surface area contributed by atoms with Crippen molar-refractivity contribution in [1.29, 1.82) is 0 Å². The average molecular weight is 378 g/mol. The Kier molecular flexibility index (Phi) is 5.00. The van der Waals surface area contributed by atoms with E-state index >= 15 is 0 Å². The smallest absolute Gasteiger partial charge is 0.240 e. The van der Waals surface area contributed by atoms with Crippen LogP contribution in [0.4, 0.5) is 5.82 Å². The number of hydrogen-bond acceptors (Lipinski definition) is 5. The molecule has 28 heavy (non-hydrogen) atoms. The summed E-state index contributed by atoms with van der Waals surface area (Å²) in [5.74, 6) is 0.821. The van der Waals surface area contributed by atoms with E-state index in [2.05, 4.69) is 32.1 Å². The van der Waals surface area contributed by atoms with E-state index in [9.17, 15) is 4.79 Å². The molecule has 1 aliphatic heterocycles. The van der Waals surface area contributed by atoms with E-state index in [4.69, 9.17) is 5.73 Å². The number of carbonyl (C=O) groups excluding carboxylic acids is 1. The van der Waals surface area contributed by atoms with Crippen LogP contribution >= 0.6 is 0 Å². The van der Waals surface area contributed by atoms with E-state index in [0.29, 0.717) is 25.9 Å². The van der Waals surface area contributed by atoms with Gasteiger partial charge in [-0.25, -0.2) is 9.97 Å². The Labute approximate surface area is 164 Å². The van der Waals surface area contributed by atoms with Gasteiger partial charge in [0, 0.05) is 19.3 Å². The van der Waals surface area contributed by atoms with Crippen LogP contribution in [0.25, 0.3) is 11.0 Å². The number of benzene rings is 1. The van der Waals surface area contributed by atoms with Crippen molar-refractivity contribution in [3.05, 3.63) is 54.5 Å². The molecule has 1 amide bonds. The van der Waals surface area contributed by atoms with Gasteiger partial charge in [-0.05, 0) is 30.9 Å². The third-order valence-electron chi connectivity index (χ3n) is 5.66. The van der Waals surface area contributed by atoms with Gasteiger partial charge < -0.3 is 20.9 Å². The van der Waals surface area contributed by atoms with Crippen molar-refractivity contribution in [2.75, 3.05) is 18.0 Å². The number of aromatic nitrogens is 3. The second kappa shape index (κ2) is 7.59. The standard InChI is InChI=1S/C21H26N6O/c1-2-17(15-6-4-3-5-7-15)26-20(28)21(22)9-12-27(13-10-21)19-16-8-11-23-18(16)24-14-25-19/h3-8,11,14,17H,2,9-10,12-13,22H2,1H3,(H,26,28)(H,23,24,25)/t17-/m0/s1. The Hall–Kier alpha value is -2.93. The van der Waals surface area contributed by atoms with Crippen LogP contribution in [-0.4, -0.2) is 39.5 Å². The van der Waals surface area contributed by atoms with Crippen molar-refractivity contribution in [2.24, 2.45) is 5.73 Å². The highest BCUT2D eigenvalue weighted by molar-refractivity contribution is 5.89. The highest BCUT2D eigenvalue weighted by atomic mass is 16.2. The van der Waals surface area contributed by atoms with Crippen LogP contribution in [0.1, 0.15) is 37.8 Å². The molecule has 1 saturated heterocycles. The van der Waals surface area contributed by atoms with Crippen LogP contribution in [0.2, 0.25) is 0 Å². The number of H-pyrrole nitrogens is 1. The monoisotopic (exact) mass is 378 g/mol. The molecule has 0 radical (unpaired) electrons. The predicted molar refractivity (Wildman–Crippen MR) is 110 cm³/mol. The zero-order valence-electron chi connectivity index (χ0n) is 16.1. The van der Waals surface area contributed by atoms with Gasteiger partial charge in [0.15, 0.2) is 0 Å². The third kappa shape index (κ3) is 3.45. The van der Waals surface area contributed by atoms with Crippen molar-refractivity contribution in [3.63, 3.8) is 0 Å². The summed E-state index contributed by atoms with van der Waals surface area (Å²) in [7, 11) is 0. The second-order valence-corrected chi connectivity index (χ2v) is 7.43. The number of aromatic amines is 1. The van der Waals surface area contributed by atoms with Gasteiger partial charge in [-0.15, -0.1) is 0 Å². The molecular weight excluding hydrogens is 352 g/mol. The normalized spacial score (nSPS) is 17.4. The molecule has 7 nitrogen and oxygen atoms in total. The molecule has 0 spiro atoms. The molecule has 0 aliphatic carbocycles. The van der Waals surface area contributed by atoms with E-state index < -0.39 is 5.54 Å². The van der Waals surface area contributed by atoms with Gasteiger partial charge >= 0.3 is 0 Å². The van der Waals surface area contributed by atoms with E-state index in [0.717, 1.165) is 28.8 Å². The molecule has 1 fully saturated rings. The fraction of sp³-hybridized carbons (Fsp3) is 0.381. The summed E-state index contributed by atoms with van der Waals surface area (Å²) in [6.45, 7) is 3.44. The molecule has 3 heterocycles. The van der Waals surface area contributed by atoms with E-state index in [1.807, 2.05) is 42.6 Å². The molecule has 3 aromatic rings. The summed E-state index contributed by atoms with van der Waals surface area (Å²) in [5, 5.41) is 4.15. The van der Waals surface area contributed by atoms with Gasteiger partial charge in [0.2, 0.25) is 5.91 Å². The Bertz CT molecular complexity index is 946. The Balaban J connectivity index is 1.44. The van der Waals surface area contributed by atoms with Gasteiger partial charge in [-0.2, -0.15) is 0 Å². The number of nitrogens with one attached hydrogen (secondary N) is 2. The first-order chi connectivity index (χ1) is 13.6. The number of amides is 1. The number of piperidine rings is 1. The maximum absolute atomic E-state index is 13.0. The van der Waals surface area contributed by atoms with Gasteiger partial charge in [-0.1, -0.05) is 37.3 Å². The zero-order valence-corrected chi connectivity index (χ0v) is 16.1. The van der Waals surface area contributed by atoms with Gasteiger partial charge in [0.05, 0.1) is 17.0 Å². The fourth-order valence-corrected chi connectivity index (χ4v) is 3.86. The van der Waals surface area contributed by atoms with Crippen LogP contribution in [0, 0.1) is 0 Å². The summed E-state index contributed by atoms with van der Waals surface area (Å²) < 4.78 is 0. The van der Waals surface area contributed by atoms with Gasteiger partial charge in [0.1, 0.15) is 17.8 Å². The Morgan fingerprint density at radius 2 is 2.00 bits per heavy atom. The fourth-order valence-electron chi connectivity index (χ4n) is 3.86. The number of nitrogens with zero attached hydrogens (tertiary/aromatic N) is 3. The lowest BCUT2D eigenvalue weighted by molar-refractivity contribution is -0.127. The number of nitrogens with two attached hydrogens (primary N) is 1. The molecule has 4 rings (SSSR count). The molecule has 146 valence electrons. The van der Waals surface area contributed by atoms with Gasteiger partial charge in [-0.3, -0.25) is 4.79 Å². The molecular formula is C21H26N6O. The van der Waals surface area contributed by atoms with Crippen molar-refractivity contribution < 1.29 is 4.79 Å². The topological polar surface area (TPSA) is 99.9 Å². The lowest BCUT2D eigenvalue weighted by Crippen LogP contribution is -2.60. The van der Waals surface area contributed by atoms with Crippen molar-refractivity contribution in [1.82, 2.24) is 20.3 Å². The molecule has 0 bridgehead atoms. The molecule has 4 N–H and O–H groups in total. The first-order valence-corrected chi connectivity index (χ1v) is 9.78. The van der Waals surface area contributed by atoms with Crippen molar-refractivity contribution in [2.45, 2.75) is 37.8 Å². The Morgan fingerprint density at radius 3 is 2.71 bits per heavy atom. The lowest BCUT2D eigenvalue weighted by Gasteiger charge is -2.39. The van der Waals surface area contributed by atoms with Crippen molar-refractivity contribution in [3.8, 4) is 0 Å². The van der Waals surface area contributed by atoms with Crippen LogP contribution < -0.4 is 16.0 Å². The summed E-state index contributed by atoms with van der Waals surface area (Å²) in [5.41, 5.74) is 7.61. The largest absolute Gasteiger partial charge is 0.356 e. The predicted octanol–water partition coefficient (Wildman–Crippen LogP) is 2.52. The zero-order chi connectivity index (χ0) is 19.6. The minimum absolute atomic E-state index is 0.0199. The first-order valence-electron chi connectivity index (χ1n) is 9.78. The molecule has 1 aliphatic rings. The summed E-state index contributed by atoms with van der Waals surface area (Å²) >= 11 is 0. The second-order valence-electron chi connectivity index (χ2n) is 7.43. The van der Waals surface area contributed by atoms with E-state index in [1.165, 1.54) is 0 Å². The van der Waals surface area contributed by atoms with Crippen LogP contribution in [0.15, 0.2) is 48.9 Å². The van der Waals surface area contributed by atoms with E-state index in [-0.39, 0.29) is 11.9 Å². The number of carbonyl (C=O) groups is 1. The quantitative estimate of drug-likeness (QED) is 0.633. The van der Waals surface area contributed by atoms with Crippen LogP contribution in [0.5, 0.6) is 0 Å². The maximum atomic E-state index is 13.0. The number of anilines is 1. The van der Waals surface area contributed by atoms with Gasteiger partial charge in [0.25, 0.3) is 0 Å². The minimum Gasteiger partial charge on any atom is -0.356 e. The maximum Gasteiger partial charge on any atom is 0.240 e. The molecule has 1 atom stereocenters. The third-order valence-corrected chi connectivity index (χ3v) is 5.66. The minimum atomic E-state index is -0.858. The number of fused-ring (bicyclic) bond motifs is 1. The highest BCUT2D eigenvalue weighted by Crippen LogP contribution is 2.29. The SMILES string of the molecule is CC[C@H](NC(=O)C1(N)CCN(c2ncnc3[nH]ccc23)CC1)c1ccccc1. The average Bonchev–Trinajstić information content (AvgIpc) is 3.22. The number of rotatable bonds is 5. The molecule has 2 aromatic heterocycles. The molecule has 0 unspecified atom stereocenters.